The predicted octanol–water partition coefficient (Wildman–Crippen LogP) is 4.08. The van der Waals surface area contributed by atoms with E-state index in [-0.39, 0.29) is 5.54 Å². The van der Waals surface area contributed by atoms with Gasteiger partial charge in [0.1, 0.15) is 0 Å². The molecule has 21 heavy (non-hydrogen) atoms. The van der Waals surface area contributed by atoms with Crippen molar-refractivity contribution in [1.82, 2.24) is 10.3 Å². The van der Waals surface area contributed by atoms with E-state index in [2.05, 4.69) is 38.3 Å². The average molecular weight is 298 g/mol. The van der Waals surface area contributed by atoms with Gasteiger partial charge in [-0.25, -0.2) is 0 Å². The van der Waals surface area contributed by atoms with Crippen molar-refractivity contribution in [2.24, 2.45) is 11.8 Å². The van der Waals surface area contributed by atoms with Gasteiger partial charge in [-0.3, -0.25) is 11.3 Å². The largest absolute Gasteiger partial charge is 0.302 e. The van der Waals surface area contributed by atoms with Crippen molar-refractivity contribution < 1.29 is 0 Å². The van der Waals surface area contributed by atoms with Crippen LogP contribution in [0, 0.1) is 5.92 Å². The molecular weight excluding hydrogens is 258 g/mol. The lowest BCUT2D eigenvalue weighted by Crippen LogP contribution is -2.62. The predicted molar refractivity (Wildman–Crippen MR) is 93.2 cm³/mol. The fourth-order valence-corrected chi connectivity index (χ4v) is 4.01. The molecule has 1 unspecified atom stereocenters. The molecule has 0 bridgehead atoms. The summed E-state index contributed by atoms with van der Waals surface area (Å²) in [6, 6.07) is 0.436. The molecule has 3 N–H and O–H groups in total. The molecule has 0 radical (unpaired) electrons. The Kier molecular flexibility index (Phi) is 8.84. The van der Waals surface area contributed by atoms with E-state index in [1.54, 1.807) is 0 Å². The number of nitrogens with two attached hydrogens (primary N) is 1. The average Bonchev–Trinajstić information content (AvgIpc) is 2.48. The van der Waals surface area contributed by atoms with Crippen LogP contribution >= 0.6 is 0 Å². The van der Waals surface area contributed by atoms with Crippen molar-refractivity contribution in [1.29, 1.82) is 0 Å². The molecule has 1 fully saturated rings. The van der Waals surface area contributed by atoms with Crippen LogP contribution in [0.3, 0.4) is 0 Å². The normalized spacial score (nSPS) is 28.0. The monoisotopic (exact) mass is 297 g/mol. The van der Waals surface area contributed by atoms with Gasteiger partial charge in [-0.1, -0.05) is 52.4 Å². The van der Waals surface area contributed by atoms with Crippen molar-refractivity contribution in [3.63, 3.8) is 0 Å². The Bertz CT molecular complexity index is 257. The number of likely N-dealkylation sites (N-methyl/N-ethyl adjacent to an activating group) is 1. The maximum atomic E-state index is 5.95. The first-order valence-electron chi connectivity index (χ1n) is 9.20. The van der Waals surface area contributed by atoms with Crippen molar-refractivity contribution in [3.05, 3.63) is 0 Å². The second kappa shape index (κ2) is 9.81. The highest BCUT2D eigenvalue weighted by atomic mass is 15.3. The summed E-state index contributed by atoms with van der Waals surface area (Å²) in [6.07, 6.45) is 14.6. The van der Waals surface area contributed by atoms with Crippen molar-refractivity contribution in [3.8, 4) is 0 Å². The lowest BCUT2D eigenvalue weighted by atomic mass is 9.71. The lowest BCUT2D eigenvalue weighted by molar-refractivity contribution is 0.0394. The van der Waals surface area contributed by atoms with E-state index in [1.165, 1.54) is 70.6 Å². The maximum absolute atomic E-state index is 5.95. The zero-order valence-electron chi connectivity index (χ0n) is 15.0. The van der Waals surface area contributed by atoms with E-state index in [9.17, 15) is 0 Å². The van der Waals surface area contributed by atoms with Crippen LogP contribution in [0.2, 0.25) is 0 Å². The topological polar surface area (TPSA) is 41.3 Å². The smallest absolute Gasteiger partial charge is 0.0394 e. The van der Waals surface area contributed by atoms with Gasteiger partial charge >= 0.3 is 0 Å². The van der Waals surface area contributed by atoms with Crippen LogP contribution in [0.5, 0.6) is 0 Å². The molecule has 0 amide bonds. The van der Waals surface area contributed by atoms with Crippen LogP contribution in [0.4, 0.5) is 0 Å². The number of nitrogens with zero attached hydrogens (tertiary/aromatic N) is 1. The third-order valence-electron chi connectivity index (χ3n) is 5.73. The molecule has 0 aliphatic heterocycles. The minimum Gasteiger partial charge on any atom is -0.302 e. The third-order valence-corrected chi connectivity index (χ3v) is 5.73. The summed E-state index contributed by atoms with van der Waals surface area (Å²) in [5.74, 6) is 6.83. The first-order valence-corrected chi connectivity index (χ1v) is 9.20. The summed E-state index contributed by atoms with van der Waals surface area (Å²) in [5, 5.41) is 0. The summed E-state index contributed by atoms with van der Waals surface area (Å²) >= 11 is 0. The van der Waals surface area contributed by atoms with E-state index in [4.69, 9.17) is 5.84 Å². The molecule has 0 spiro atoms. The molecule has 3 nitrogen and oxygen atoms in total. The molecule has 126 valence electrons. The minimum absolute atomic E-state index is 0.269. The van der Waals surface area contributed by atoms with Gasteiger partial charge in [0, 0.05) is 11.6 Å². The molecule has 1 aliphatic rings. The highest BCUT2D eigenvalue weighted by Crippen LogP contribution is 2.39. The summed E-state index contributed by atoms with van der Waals surface area (Å²) < 4.78 is 0. The molecular formula is C18H39N3. The molecule has 1 aliphatic carbocycles. The Morgan fingerprint density at radius 3 is 2.19 bits per heavy atom. The van der Waals surface area contributed by atoms with Gasteiger partial charge in [-0.15, -0.1) is 0 Å². The van der Waals surface area contributed by atoms with E-state index in [1.807, 2.05) is 0 Å². The molecule has 0 saturated heterocycles. The van der Waals surface area contributed by atoms with E-state index in [0.717, 1.165) is 5.92 Å². The SMILES string of the molecule is CCCCCCCCC(NN)C1(N(C)C)CCC(C)CC1. The van der Waals surface area contributed by atoms with Gasteiger partial charge in [0.05, 0.1) is 0 Å². The number of hydrogen-bond acceptors (Lipinski definition) is 3. The van der Waals surface area contributed by atoms with Crippen LogP contribution in [-0.4, -0.2) is 30.6 Å². The molecule has 0 heterocycles. The molecule has 0 aromatic carbocycles. The van der Waals surface area contributed by atoms with Gasteiger partial charge in [0.2, 0.25) is 0 Å². The van der Waals surface area contributed by atoms with Crippen molar-refractivity contribution >= 4 is 0 Å². The van der Waals surface area contributed by atoms with Gasteiger partial charge in [0.15, 0.2) is 0 Å². The minimum atomic E-state index is 0.269. The van der Waals surface area contributed by atoms with Gasteiger partial charge in [0.25, 0.3) is 0 Å². The lowest BCUT2D eigenvalue weighted by Gasteiger charge is -2.49. The first kappa shape index (κ1) is 18.9. The van der Waals surface area contributed by atoms with Crippen LogP contribution in [-0.2, 0) is 0 Å². The Hall–Kier alpha value is -0.120. The van der Waals surface area contributed by atoms with Gasteiger partial charge in [-0.2, -0.15) is 0 Å². The molecule has 0 aromatic rings. The standard InChI is InChI=1S/C18H39N3/c1-5-6-7-8-9-10-11-17(20-19)18(21(3)4)14-12-16(2)13-15-18/h16-17,20H,5-15,19H2,1-4H3. The zero-order chi connectivity index (χ0) is 15.7. The highest BCUT2D eigenvalue weighted by molar-refractivity contribution is 5.00. The molecule has 3 heteroatoms. The second-order valence-electron chi connectivity index (χ2n) is 7.46. The fraction of sp³-hybridized carbons (Fsp3) is 1.00. The Labute approximate surface area is 133 Å². The van der Waals surface area contributed by atoms with Gasteiger partial charge in [-0.05, 0) is 52.1 Å². The van der Waals surface area contributed by atoms with Gasteiger partial charge < -0.3 is 4.90 Å². The highest BCUT2D eigenvalue weighted by Gasteiger charge is 2.42. The van der Waals surface area contributed by atoms with Crippen molar-refractivity contribution in [2.45, 2.75) is 96.1 Å². The number of rotatable bonds is 10. The van der Waals surface area contributed by atoms with E-state index >= 15 is 0 Å². The number of nitrogens with one attached hydrogen (secondary N) is 1. The Morgan fingerprint density at radius 2 is 1.67 bits per heavy atom. The van der Waals surface area contributed by atoms with Crippen LogP contribution in [0.1, 0.15) is 84.5 Å². The van der Waals surface area contributed by atoms with Crippen LogP contribution in [0.25, 0.3) is 0 Å². The van der Waals surface area contributed by atoms with E-state index in [0.29, 0.717) is 6.04 Å². The van der Waals surface area contributed by atoms with Crippen molar-refractivity contribution in [2.75, 3.05) is 14.1 Å². The van der Waals surface area contributed by atoms with Crippen LogP contribution in [0.15, 0.2) is 0 Å². The molecule has 0 aromatic heterocycles. The molecule has 1 rings (SSSR count). The second-order valence-corrected chi connectivity index (χ2v) is 7.46. The van der Waals surface area contributed by atoms with E-state index < -0.39 is 0 Å². The number of hydrogen-bond donors (Lipinski definition) is 2. The Balaban J connectivity index is 2.46. The summed E-state index contributed by atoms with van der Waals surface area (Å²) in [7, 11) is 4.48. The first-order chi connectivity index (χ1) is 10.1. The summed E-state index contributed by atoms with van der Waals surface area (Å²) in [5.41, 5.74) is 3.44. The zero-order valence-corrected chi connectivity index (χ0v) is 15.0. The summed E-state index contributed by atoms with van der Waals surface area (Å²) in [6.45, 7) is 4.66. The third kappa shape index (κ3) is 5.54. The molecule has 1 saturated carbocycles. The number of hydrazine groups is 1. The quantitative estimate of drug-likeness (QED) is 0.363. The Morgan fingerprint density at radius 1 is 1.10 bits per heavy atom. The molecule has 1 atom stereocenters. The number of unbranched alkanes of at least 4 members (excludes halogenated alkanes) is 5. The summed E-state index contributed by atoms with van der Waals surface area (Å²) in [4.78, 5) is 2.44. The fourth-order valence-electron chi connectivity index (χ4n) is 4.01. The van der Waals surface area contributed by atoms with Crippen LogP contribution < -0.4 is 11.3 Å². The maximum Gasteiger partial charge on any atom is 0.0394 e.